The first-order chi connectivity index (χ1) is 9.76. The molecule has 1 heterocycles. The normalized spacial score (nSPS) is 22.9. The lowest BCUT2D eigenvalue weighted by Crippen LogP contribution is -2.42. The molecule has 1 aliphatic rings. The first-order valence-corrected chi connectivity index (χ1v) is 7.61. The van der Waals surface area contributed by atoms with Crippen molar-refractivity contribution < 1.29 is 9.53 Å². The molecule has 0 aliphatic heterocycles. The van der Waals surface area contributed by atoms with E-state index in [0.29, 0.717) is 5.92 Å². The van der Waals surface area contributed by atoms with E-state index < -0.39 is 5.60 Å². The maximum absolute atomic E-state index is 12.1. The van der Waals surface area contributed by atoms with Gasteiger partial charge < -0.3 is 14.6 Å². The van der Waals surface area contributed by atoms with Gasteiger partial charge in [0.1, 0.15) is 17.2 Å². The van der Waals surface area contributed by atoms with Crippen molar-refractivity contribution in [3.8, 4) is 0 Å². The van der Waals surface area contributed by atoms with Gasteiger partial charge >= 0.3 is 6.09 Å². The molecule has 0 saturated heterocycles. The maximum atomic E-state index is 12.1. The molecule has 1 saturated carbocycles. The Morgan fingerprint density at radius 2 is 1.86 bits per heavy atom. The van der Waals surface area contributed by atoms with Crippen LogP contribution in [-0.2, 0) is 4.74 Å². The summed E-state index contributed by atoms with van der Waals surface area (Å²) in [5.74, 6) is 2.26. The molecule has 6 nitrogen and oxygen atoms in total. The van der Waals surface area contributed by atoms with E-state index in [1.807, 2.05) is 34.7 Å². The highest BCUT2D eigenvalue weighted by Gasteiger charge is 2.30. The SMILES string of the molecule is Cc1nnc([C@H]2CC[C@H](N(C)C(=O)OC(C)(C)C)CC2)[nH]1. The standard InChI is InChI=1S/C15H26N4O2/c1-10-16-13(18-17-10)11-6-8-12(9-7-11)19(5)14(20)21-15(2,3)4/h11-12H,6-9H2,1-5H3,(H,16,17,18)/t11-,12-. The zero-order valence-electron chi connectivity index (χ0n) is 13.6. The Morgan fingerprint density at radius 3 is 2.33 bits per heavy atom. The van der Waals surface area contributed by atoms with Crippen LogP contribution < -0.4 is 0 Å². The number of carbonyl (C=O) groups is 1. The summed E-state index contributed by atoms with van der Waals surface area (Å²) >= 11 is 0. The van der Waals surface area contributed by atoms with Crippen molar-refractivity contribution >= 4 is 6.09 Å². The van der Waals surface area contributed by atoms with E-state index >= 15 is 0 Å². The van der Waals surface area contributed by atoms with Crippen molar-refractivity contribution in [1.82, 2.24) is 20.1 Å². The van der Waals surface area contributed by atoms with Crippen molar-refractivity contribution in [3.05, 3.63) is 11.6 Å². The number of rotatable bonds is 2. The summed E-state index contributed by atoms with van der Waals surface area (Å²) in [6.07, 6.45) is 3.75. The van der Waals surface area contributed by atoms with E-state index in [1.165, 1.54) is 0 Å². The molecule has 21 heavy (non-hydrogen) atoms. The largest absolute Gasteiger partial charge is 0.444 e. The van der Waals surface area contributed by atoms with Crippen LogP contribution in [0.3, 0.4) is 0 Å². The van der Waals surface area contributed by atoms with Crippen LogP contribution in [-0.4, -0.2) is 44.9 Å². The molecule has 0 aromatic carbocycles. The van der Waals surface area contributed by atoms with Crippen molar-refractivity contribution in [1.29, 1.82) is 0 Å². The minimum Gasteiger partial charge on any atom is -0.444 e. The molecular formula is C15H26N4O2. The molecule has 1 fully saturated rings. The minimum atomic E-state index is -0.445. The molecule has 0 radical (unpaired) electrons. The Hall–Kier alpha value is -1.59. The van der Waals surface area contributed by atoms with Gasteiger partial charge in [0.25, 0.3) is 0 Å². The summed E-state index contributed by atoms with van der Waals surface area (Å²) in [6.45, 7) is 7.59. The Balaban J connectivity index is 1.87. The van der Waals surface area contributed by atoms with Gasteiger partial charge in [-0.3, -0.25) is 0 Å². The summed E-state index contributed by atoms with van der Waals surface area (Å²) in [4.78, 5) is 17.0. The van der Waals surface area contributed by atoms with Gasteiger partial charge in [0.05, 0.1) is 0 Å². The summed E-state index contributed by atoms with van der Waals surface area (Å²) < 4.78 is 5.43. The smallest absolute Gasteiger partial charge is 0.410 e. The summed E-state index contributed by atoms with van der Waals surface area (Å²) in [6, 6.07) is 0.250. The fourth-order valence-corrected chi connectivity index (χ4v) is 2.77. The quantitative estimate of drug-likeness (QED) is 0.910. The molecule has 2 rings (SSSR count). The third kappa shape index (κ3) is 4.19. The van der Waals surface area contributed by atoms with Crippen molar-refractivity contribution in [2.75, 3.05) is 7.05 Å². The van der Waals surface area contributed by atoms with Gasteiger partial charge in [0.2, 0.25) is 0 Å². The molecule has 0 atom stereocenters. The molecule has 118 valence electrons. The molecule has 1 N–H and O–H groups in total. The zero-order valence-corrected chi connectivity index (χ0v) is 13.6. The van der Waals surface area contributed by atoms with Gasteiger partial charge in [-0.1, -0.05) is 0 Å². The Kier molecular flexibility index (Phi) is 4.54. The first-order valence-electron chi connectivity index (χ1n) is 7.61. The summed E-state index contributed by atoms with van der Waals surface area (Å²) in [5, 5.41) is 8.21. The van der Waals surface area contributed by atoms with Crippen LogP contribution in [0.25, 0.3) is 0 Å². The van der Waals surface area contributed by atoms with E-state index in [1.54, 1.807) is 4.90 Å². The van der Waals surface area contributed by atoms with E-state index in [2.05, 4.69) is 15.2 Å². The fraction of sp³-hybridized carbons (Fsp3) is 0.800. The van der Waals surface area contributed by atoms with Crippen LogP contribution in [0.2, 0.25) is 0 Å². The number of amides is 1. The minimum absolute atomic E-state index is 0.235. The number of nitrogens with zero attached hydrogens (tertiary/aromatic N) is 3. The average molecular weight is 294 g/mol. The van der Waals surface area contributed by atoms with Crippen molar-refractivity contribution in [3.63, 3.8) is 0 Å². The van der Waals surface area contributed by atoms with Crippen molar-refractivity contribution in [2.24, 2.45) is 0 Å². The van der Waals surface area contributed by atoms with Gasteiger partial charge in [-0.05, 0) is 53.4 Å². The third-order valence-corrected chi connectivity index (χ3v) is 3.93. The molecule has 0 spiro atoms. The van der Waals surface area contributed by atoms with Gasteiger partial charge in [-0.25, -0.2) is 4.79 Å². The van der Waals surface area contributed by atoms with Gasteiger partial charge in [-0.15, -0.1) is 10.2 Å². The molecular weight excluding hydrogens is 268 g/mol. The second-order valence-corrected chi connectivity index (χ2v) is 6.89. The molecule has 1 aromatic heterocycles. The maximum Gasteiger partial charge on any atom is 0.410 e. The summed E-state index contributed by atoms with van der Waals surface area (Å²) in [7, 11) is 1.83. The lowest BCUT2D eigenvalue weighted by Gasteiger charge is -2.35. The van der Waals surface area contributed by atoms with Crippen LogP contribution in [0.5, 0.6) is 0 Å². The van der Waals surface area contributed by atoms with Gasteiger partial charge in [0, 0.05) is 19.0 Å². The number of ether oxygens (including phenoxy) is 1. The monoisotopic (exact) mass is 294 g/mol. The van der Waals surface area contributed by atoms with Crippen molar-refractivity contribution in [2.45, 2.75) is 70.9 Å². The predicted octanol–water partition coefficient (Wildman–Crippen LogP) is 3.01. The Labute approximate surface area is 126 Å². The first kappa shape index (κ1) is 15.8. The van der Waals surface area contributed by atoms with Crippen LogP contribution in [0.15, 0.2) is 0 Å². The number of aromatic amines is 1. The Bertz CT molecular complexity index is 484. The second-order valence-electron chi connectivity index (χ2n) is 6.89. The number of aryl methyl sites for hydroxylation is 1. The number of H-pyrrole nitrogens is 1. The zero-order chi connectivity index (χ0) is 15.6. The van der Waals surface area contributed by atoms with Gasteiger partial charge in [-0.2, -0.15) is 0 Å². The number of nitrogens with one attached hydrogen (secondary N) is 1. The van der Waals surface area contributed by atoms with E-state index in [-0.39, 0.29) is 12.1 Å². The van der Waals surface area contributed by atoms with E-state index in [9.17, 15) is 4.79 Å². The lowest BCUT2D eigenvalue weighted by atomic mass is 9.85. The van der Waals surface area contributed by atoms with Crippen LogP contribution in [0.1, 0.15) is 64.0 Å². The van der Waals surface area contributed by atoms with E-state index in [4.69, 9.17) is 4.74 Å². The molecule has 0 unspecified atom stereocenters. The number of hydrogen-bond acceptors (Lipinski definition) is 4. The number of carbonyl (C=O) groups excluding carboxylic acids is 1. The molecule has 6 heteroatoms. The van der Waals surface area contributed by atoms with Gasteiger partial charge in [0.15, 0.2) is 0 Å². The second kappa shape index (κ2) is 6.03. The lowest BCUT2D eigenvalue weighted by molar-refractivity contribution is 0.0182. The summed E-state index contributed by atoms with van der Waals surface area (Å²) in [5.41, 5.74) is -0.445. The predicted molar refractivity (Wildman–Crippen MR) is 80.1 cm³/mol. The molecule has 1 aliphatic carbocycles. The Morgan fingerprint density at radius 1 is 1.24 bits per heavy atom. The molecule has 1 amide bonds. The molecule has 0 bridgehead atoms. The van der Waals surface area contributed by atoms with Crippen LogP contribution in [0, 0.1) is 6.92 Å². The highest BCUT2D eigenvalue weighted by Crippen LogP contribution is 2.33. The average Bonchev–Trinajstić information content (AvgIpc) is 2.83. The molecule has 1 aromatic rings. The third-order valence-electron chi connectivity index (χ3n) is 3.93. The van der Waals surface area contributed by atoms with Crippen LogP contribution in [0.4, 0.5) is 4.79 Å². The van der Waals surface area contributed by atoms with E-state index in [0.717, 1.165) is 37.3 Å². The van der Waals surface area contributed by atoms with Crippen LogP contribution >= 0.6 is 0 Å². The fourth-order valence-electron chi connectivity index (χ4n) is 2.77. The topological polar surface area (TPSA) is 71.1 Å². The number of aromatic nitrogens is 3. The highest BCUT2D eigenvalue weighted by atomic mass is 16.6. The highest BCUT2D eigenvalue weighted by molar-refractivity contribution is 5.68. The number of hydrogen-bond donors (Lipinski definition) is 1.